The van der Waals surface area contributed by atoms with Gasteiger partial charge in [0.1, 0.15) is 11.3 Å². The van der Waals surface area contributed by atoms with Gasteiger partial charge in [-0.2, -0.15) is 23.4 Å². The van der Waals surface area contributed by atoms with Crippen molar-refractivity contribution in [2.45, 2.75) is 45.3 Å². The molecule has 3 heterocycles. The molecule has 1 amide bonds. The molecule has 1 saturated carbocycles. The third-order valence-corrected chi connectivity index (χ3v) is 5.87. The van der Waals surface area contributed by atoms with Crippen molar-refractivity contribution in [1.29, 1.82) is 0 Å². The lowest BCUT2D eigenvalue weighted by molar-refractivity contribution is -0.142. The average Bonchev–Trinajstić information content (AvgIpc) is 3.47. The van der Waals surface area contributed by atoms with Gasteiger partial charge in [0.05, 0.1) is 37.8 Å². The second-order valence-electron chi connectivity index (χ2n) is 8.66. The zero-order valence-corrected chi connectivity index (χ0v) is 20.2. The van der Waals surface area contributed by atoms with E-state index in [0.717, 1.165) is 30.7 Å². The molecule has 1 aliphatic rings. The van der Waals surface area contributed by atoms with Gasteiger partial charge < -0.3 is 14.8 Å². The van der Waals surface area contributed by atoms with E-state index in [1.54, 1.807) is 10.9 Å². The Balaban J connectivity index is 1.35. The van der Waals surface area contributed by atoms with E-state index in [2.05, 4.69) is 20.5 Å². The number of benzene rings is 1. The number of ether oxygens (including phenoxy) is 2. The first-order chi connectivity index (χ1) is 17.8. The first kappa shape index (κ1) is 24.6. The van der Waals surface area contributed by atoms with Crippen molar-refractivity contribution in [3.8, 4) is 11.5 Å². The third kappa shape index (κ3) is 5.23. The molecule has 1 fully saturated rings. The molecule has 0 saturated heterocycles. The van der Waals surface area contributed by atoms with E-state index in [9.17, 15) is 18.0 Å². The molecular formula is C25H25F3N6O3. The van der Waals surface area contributed by atoms with Crippen LogP contribution in [0.15, 0.2) is 42.9 Å². The molecule has 0 atom stereocenters. The maximum Gasteiger partial charge on any atom is 0.433 e. The van der Waals surface area contributed by atoms with Crippen LogP contribution in [0.4, 0.5) is 18.9 Å². The van der Waals surface area contributed by atoms with Gasteiger partial charge in [-0.15, -0.1) is 0 Å². The van der Waals surface area contributed by atoms with Crippen LogP contribution in [0, 0.1) is 0 Å². The third-order valence-electron chi connectivity index (χ3n) is 5.87. The highest BCUT2D eigenvalue weighted by Gasteiger charge is 2.38. The van der Waals surface area contributed by atoms with E-state index in [0.29, 0.717) is 47.2 Å². The lowest BCUT2D eigenvalue weighted by Gasteiger charge is -2.12. The van der Waals surface area contributed by atoms with Crippen LogP contribution >= 0.6 is 0 Å². The van der Waals surface area contributed by atoms with Crippen molar-refractivity contribution < 1.29 is 27.4 Å². The maximum atomic E-state index is 13.6. The van der Waals surface area contributed by atoms with Gasteiger partial charge in [0.2, 0.25) is 0 Å². The fourth-order valence-electron chi connectivity index (χ4n) is 4.03. The molecule has 9 nitrogen and oxygen atoms in total. The monoisotopic (exact) mass is 514 g/mol. The Hall–Kier alpha value is -4.09. The SMILES string of the molecule is CCOc1ccc(Cn2cc(NC(=O)c3cnn4c(C(F)(F)F)cc(C5CC5)nc34)cn2)cc1OCC. The number of alkyl halides is 3. The van der Waals surface area contributed by atoms with Crippen LogP contribution in [0.3, 0.4) is 0 Å². The molecular weight excluding hydrogens is 489 g/mol. The van der Waals surface area contributed by atoms with E-state index in [1.165, 1.54) is 6.20 Å². The summed E-state index contributed by atoms with van der Waals surface area (Å²) in [5, 5.41) is 10.8. The number of carbonyl (C=O) groups excluding carboxylic acids is 1. The van der Waals surface area contributed by atoms with E-state index < -0.39 is 17.8 Å². The number of nitrogens with one attached hydrogen (secondary N) is 1. The summed E-state index contributed by atoms with van der Waals surface area (Å²) in [6, 6.07) is 6.61. The number of fused-ring (bicyclic) bond motifs is 1. The Morgan fingerprint density at radius 2 is 1.84 bits per heavy atom. The molecule has 0 spiro atoms. The van der Waals surface area contributed by atoms with Gasteiger partial charge in [-0.25, -0.2) is 9.50 Å². The van der Waals surface area contributed by atoms with Crippen molar-refractivity contribution >= 4 is 17.2 Å². The average molecular weight is 515 g/mol. The molecule has 194 valence electrons. The van der Waals surface area contributed by atoms with E-state index in [-0.39, 0.29) is 17.1 Å². The summed E-state index contributed by atoms with van der Waals surface area (Å²) >= 11 is 0. The van der Waals surface area contributed by atoms with Crippen molar-refractivity contribution in [3.63, 3.8) is 0 Å². The number of hydrogen-bond acceptors (Lipinski definition) is 6. The summed E-state index contributed by atoms with van der Waals surface area (Å²) in [5.41, 5.74) is 0.492. The second-order valence-corrected chi connectivity index (χ2v) is 8.66. The lowest BCUT2D eigenvalue weighted by Crippen LogP contribution is -2.16. The van der Waals surface area contributed by atoms with Gasteiger partial charge >= 0.3 is 6.18 Å². The maximum absolute atomic E-state index is 13.6. The summed E-state index contributed by atoms with van der Waals surface area (Å²) in [6.07, 6.45) is 1.11. The first-order valence-corrected chi connectivity index (χ1v) is 11.9. The topological polar surface area (TPSA) is 95.6 Å². The normalized spacial score (nSPS) is 13.6. The number of hydrogen-bond donors (Lipinski definition) is 1. The number of halogens is 3. The van der Waals surface area contributed by atoms with Crippen molar-refractivity contribution in [1.82, 2.24) is 24.4 Å². The molecule has 0 bridgehead atoms. The van der Waals surface area contributed by atoms with Crippen molar-refractivity contribution in [3.05, 3.63) is 65.4 Å². The second kappa shape index (κ2) is 9.75. The van der Waals surface area contributed by atoms with Gasteiger partial charge in [0, 0.05) is 17.8 Å². The summed E-state index contributed by atoms with van der Waals surface area (Å²) in [5.74, 6) is 0.637. The number of anilines is 1. The Morgan fingerprint density at radius 3 is 2.54 bits per heavy atom. The fourth-order valence-corrected chi connectivity index (χ4v) is 4.03. The van der Waals surface area contributed by atoms with Crippen LogP contribution < -0.4 is 14.8 Å². The molecule has 1 aliphatic carbocycles. The summed E-state index contributed by atoms with van der Waals surface area (Å²) < 4.78 is 54.5. The number of rotatable bonds is 9. The lowest BCUT2D eigenvalue weighted by atomic mass is 10.2. The molecule has 0 unspecified atom stereocenters. The van der Waals surface area contributed by atoms with Gasteiger partial charge in [0.25, 0.3) is 5.91 Å². The Bertz CT molecular complexity index is 1440. The highest BCUT2D eigenvalue weighted by molar-refractivity contribution is 6.08. The van der Waals surface area contributed by atoms with Crippen LogP contribution in [-0.2, 0) is 12.7 Å². The first-order valence-electron chi connectivity index (χ1n) is 11.9. The highest BCUT2D eigenvalue weighted by atomic mass is 19.4. The quantitative estimate of drug-likeness (QED) is 0.341. The van der Waals surface area contributed by atoms with Gasteiger partial charge in [-0.05, 0) is 50.5 Å². The van der Waals surface area contributed by atoms with Crippen molar-refractivity contribution in [2.75, 3.05) is 18.5 Å². The molecule has 0 aliphatic heterocycles. The minimum Gasteiger partial charge on any atom is -0.490 e. The number of amides is 1. The Labute approximate surface area is 210 Å². The number of carbonyl (C=O) groups is 1. The van der Waals surface area contributed by atoms with Gasteiger partial charge in [-0.1, -0.05) is 6.07 Å². The summed E-state index contributed by atoms with van der Waals surface area (Å²) in [6.45, 7) is 5.20. The zero-order valence-electron chi connectivity index (χ0n) is 20.2. The van der Waals surface area contributed by atoms with Gasteiger partial charge in [-0.3, -0.25) is 9.48 Å². The van der Waals surface area contributed by atoms with E-state index in [1.807, 2.05) is 32.0 Å². The molecule has 3 aromatic heterocycles. The molecule has 5 rings (SSSR count). The van der Waals surface area contributed by atoms with Crippen molar-refractivity contribution in [2.24, 2.45) is 0 Å². The van der Waals surface area contributed by atoms with Gasteiger partial charge in [0.15, 0.2) is 17.1 Å². The summed E-state index contributed by atoms with van der Waals surface area (Å²) in [4.78, 5) is 17.3. The Morgan fingerprint density at radius 1 is 1.08 bits per heavy atom. The molecule has 1 aromatic carbocycles. The molecule has 37 heavy (non-hydrogen) atoms. The number of aromatic nitrogens is 5. The highest BCUT2D eigenvalue weighted by Crippen LogP contribution is 2.41. The van der Waals surface area contributed by atoms with Crippen LogP contribution in [0.2, 0.25) is 0 Å². The molecule has 12 heteroatoms. The molecule has 0 radical (unpaired) electrons. The Kier molecular flexibility index (Phi) is 6.48. The van der Waals surface area contributed by atoms with Crippen LogP contribution in [0.1, 0.15) is 59.9 Å². The minimum absolute atomic E-state index is 0.0269. The largest absolute Gasteiger partial charge is 0.490 e. The minimum atomic E-state index is -4.63. The smallest absolute Gasteiger partial charge is 0.433 e. The zero-order chi connectivity index (χ0) is 26.2. The van der Waals surface area contributed by atoms with Crippen LogP contribution in [0.25, 0.3) is 5.65 Å². The molecule has 1 N–H and O–H groups in total. The van der Waals surface area contributed by atoms with E-state index in [4.69, 9.17) is 9.47 Å². The van der Waals surface area contributed by atoms with E-state index >= 15 is 0 Å². The standard InChI is InChI=1S/C25H25F3N6O3/c1-3-36-20-8-5-15(9-21(20)37-4-2)13-33-14-17(11-29-33)31-24(35)18-12-30-34-22(25(26,27)28)10-19(16-6-7-16)32-23(18)34/h5,8-12,14,16H,3-4,6-7,13H2,1-2H3,(H,31,35). The van der Waals surface area contributed by atoms with Crippen LogP contribution in [-0.4, -0.2) is 43.5 Å². The predicted octanol–water partition coefficient (Wildman–Crippen LogP) is 4.92. The number of nitrogens with zero attached hydrogens (tertiary/aromatic N) is 5. The molecule has 4 aromatic rings. The fraction of sp³-hybridized carbons (Fsp3) is 0.360. The predicted molar refractivity (Wildman–Crippen MR) is 128 cm³/mol. The van der Waals surface area contributed by atoms with Crippen LogP contribution in [0.5, 0.6) is 11.5 Å². The summed E-state index contributed by atoms with van der Waals surface area (Å²) in [7, 11) is 0.